The maximum atomic E-state index is 12.7. The normalized spacial score (nSPS) is 11.5. The molecule has 2 aromatic rings. The average Bonchev–Trinajstić information content (AvgIpc) is 2.84. The molecule has 2 N–H and O–H groups in total. The van der Waals surface area contributed by atoms with E-state index in [1.54, 1.807) is 12.1 Å². The van der Waals surface area contributed by atoms with Crippen molar-refractivity contribution >= 4 is 22.0 Å². The predicted molar refractivity (Wildman–Crippen MR) is 78.5 cm³/mol. The lowest BCUT2D eigenvalue weighted by Crippen LogP contribution is -2.29. The van der Waals surface area contributed by atoms with Gasteiger partial charge in [0.2, 0.25) is 0 Å². The largest absolute Gasteiger partial charge is 0.465 e. The van der Waals surface area contributed by atoms with E-state index in [1.807, 2.05) is 5.32 Å². The number of halogens is 2. The van der Waals surface area contributed by atoms with E-state index in [1.165, 1.54) is 17.1 Å². The fourth-order valence-corrected chi connectivity index (χ4v) is 1.96. The van der Waals surface area contributed by atoms with Gasteiger partial charge in [-0.05, 0) is 17.7 Å². The van der Waals surface area contributed by atoms with Gasteiger partial charge in [0.15, 0.2) is 0 Å². The molecule has 0 aliphatic heterocycles. The Bertz CT molecular complexity index is 770. The van der Waals surface area contributed by atoms with Crippen LogP contribution in [-0.2, 0) is 6.54 Å². The van der Waals surface area contributed by atoms with E-state index in [2.05, 4.69) is 26.0 Å². The van der Waals surface area contributed by atoms with Crippen LogP contribution in [0.3, 0.4) is 0 Å². The maximum Gasteiger partial charge on any atom is 0.404 e. The fourth-order valence-electron chi connectivity index (χ4n) is 1.64. The molecule has 0 atom stereocenters. The molecule has 0 saturated carbocycles. The maximum absolute atomic E-state index is 12.7. The molecule has 2 rings (SSSR count). The van der Waals surface area contributed by atoms with Crippen molar-refractivity contribution in [3.05, 3.63) is 51.5 Å². The van der Waals surface area contributed by atoms with Crippen LogP contribution in [0.4, 0.5) is 9.18 Å². The van der Waals surface area contributed by atoms with Crippen molar-refractivity contribution in [2.45, 2.75) is 6.54 Å². The zero-order valence-electron chi connectivity index (χ0n) is 11.1. The molecule has 0 radical (unpaired) electrons. The second kappa shape index (κ2) is 6.98. The molecule has 0 unspecified atom stereocenters. The minimum absolute atomic E-state index is 0.0666. The molecule has 0 aromatic carbocycles. The summed E-state index contributed by atoms with van der Waals surface area (Å²) in [5.41, 5.74) is -0.447. The van der Waals surface area contributed by atoms with Crippen LogP contribution in [0, 0.1) is 0 Å². The smallest absolute Gasteiger partial charge is 0.404 e. The zero-order valence-corrected chi connectivity index (χ0v) is 12.7. The Morgan fingerprint density at radius 1 is 1.55 bits per heavy atom. The molecular formula is C12H11BrFN5O3. The Morgan fingerprint density at radius 3 is 2.95 bits per heavy atom. The highest BCUT2D eigenvalue weighted by molar-refractivity contribution is 9.10. The number of nitrogens with zero attached hydrogens (tertiary/aromatic N) is 4. The molecule has 0 fully saturated rings. The number of hydrogen-bond acceptors (Lipinski definition) is 4. The predicted octanol–water partition coefficient (Wildman–Crippen LogP) is 1.31. The highest BCUT2D eigenvalue weighted by atomic mass is 79.9. The van der Waals surface area contributed by atoms with Gasteiger partial charge in [-0.15, -0.1) is 0 Å². The van der Waals surface area contributed by atoms with Crippen molar-refractivity contribution in [3.8, 4) is 5.82 Å². The molecule has 22 heavy (non-hydrogen) atoms. The van der Waals surface area contributed by atoms with Gasteiger partial charge in [0, 0.05) is 17.2 Å². The highest BCUT2D eigenvalue weighted by Crippen LogP contribution is 2.11. The summed E-state index contributed by atoms with van der Waals surface area (Å²) in [5.74, 6) is 0.361. The number of hydrogen-bond donors (Lipinski definition) is 2. The first-order valence-corrected chi connectivity index (χ1v) is 6.82. The summed E-state index contributed by atoms with van der Waals surface area (Å²) in [4.78, 5) is 26.6. The van der Waals surface area contributed by atoms with Gasteiger partial charge in [0.25, 0.3) is 0 Å². The van der Waals surface area contributed by atoms with Crippen LogP contribution in [0.5, 0.6) is 0 Å². The number of amides is 1. The molecule has 0 saturated heterocycles. The van der Waals surface area contributed by atoms with Crippen LogP contribution < -0.4 is 11.0 Å². The third-order valence-corrected chi connectivity index (χ3v) is 3.15. The molecule has 0 bridgehead atoms. The van der Waals surface area contributed by atoms with Gasteiger partial charge >= 0.3 is 11.8 Å². The summed E-state index contributed by atoms with van der Waals surface area (Å²) in [6.07, 6.45) is 1.75. The third kappa shape index (κ3) is 3.79. The lowest BCUT2D eigenvalue weighted by molar-refractivity contribution is 0.195. The van der Waals surface area contributed by atoms with Gasteiger partial charge < -0.3 is 10.4 Å². The standard InChI is InChI=1S/C12H11BrFN5O3/c13-9-1-2-15-10(3-9)18-7-17-19(12(18)22)6-8(4-14)5-16-11(20)21/h1-4,7,16H,5-6H2,(H,20,21). The van der Waals surface area contributed by atoms with Crippen molar-refractivity contribution in [1.29, 1.82) is 0 Å². The van der Waals surface area contributed by atoms with E-state index in [0.717, 1.165) is 9.15 Å². The molecule has 2 aromatic heterocycles. The van der Waals surface area contributed by atoms with Crippen LogP contribution in [0.1, 0.15) is 0 Å². The van der Waals surface area contributed by atoms with Crippen molar-refractivity contribution in [3.63, 3.8) is 0 Å². The van der Waals surface area contributed by atoms with Crippen LogP contribution in [0.15, 0.2) is 45.8 Å². The number of nitrogens with one attached hydrogen (secondary N) is 1. The zero-order chi connectivity index (χ0) is 16.1. The number of aromatic nitrogens is 4. The van der Waals surface area contributed by atoms with Crippen LogP contribution in [-0.4, -0.2) is 37.1 Å². The molecule has 0 aliphatic carbocycles. The Balaban J connectivity index is 2.21. The second-order valence-corrected chi connectivity index (χ2v) is 5.12. The Labute approximate surface area is 132 Å². The van der Waals surface area contributed by atoms with Gasteiger partial charge in [-0.1, -0.05) is 15.9 Å². The van der Waals surface area contributed by atoms with E-state index in [-0.39, 0.29) is 25.0 Å². The van der Waals surface area contributed by atoms with Crippen molar-refractivity contribution < 1.29 is 14.3 Å². The third-order valence-electron chi connectivity index (χ3n) is 2.66. The van der Waals surface area contributed by atoms with Gasteiger partial charge in [-0.3, -0.25) is 0 Å². The van der Waals surface area contributed by atoms with Gasteiger partial charge in [0.05, 0.1) is 12.9 Å². The van der Waals surface area contributed by atoms with E-state index in [0.29, 0.717) is 5.82 Å². The first-order chi connectivity index (χ1) is 10.5. The highest BCUT2D eigenvalue weighted by Gasteiger charge is 2.10. The van der Waals surface area contributed by atoms with E-state index < -0.39 is 11.8 Å². The average molecular weight is 372 g/mol. The minimum atomic E-state index is -1.28. The first-order valence-electron chi connectivity index (χ1n) is 6.02. The van der Waals surface area contributed by atoms with E-state index in [9.17, 15) is 14.0 Å². The lowest BCUT2D eigenvalue weighted by atomic mass is 10.3. The van der Waals surface area contributed by atoms with E-state index in [4.69, 9.17) is 5.11 Å². The molecule has 10 heteroatoms. The van der Waals surface area contributed by atoms with Crippen molar-refractivity contribution in [1.82, 2.24) is 24.6 Å². The molecular weight excluding hydrogens is 361 g/mol. The van der Waals surface area contributed by atoms with Gasteiger partial charge in [0.1, 0.15) is 12.1 Å². The number of pyridine rings is 1. The fraction of sp³-hybridized carbons (Fsp3) is 0.167. The van der Waals surface area contributed by atoms with Gasteiger partial charge in [-0.2, -0.15) is 5.10 Å². The summed E-state index contributed by atoms with van der Waals surface area (Å²) in [6, 6.07) is 3.34. The number of carbonyl (C=O) groups is 1. The molecule has 8 nitrogen and oxygen atoms in total. The van der Waals surface area contributed by atoms with Crippen molar-refractivity contribution in [2.75, 3.05) is 6.54 Å². The van der Waals surface area contributed by atoms with Gasteiger partial charge in [-0.25, -0.2) is 28.2 Å². The molecule has 0 aliphatic rings. The monoisotopic (exact) mass is 371 g/mol. The quantitative estimate of drug-likeness (QED) is 0.824. The molecule has 1 amide bonds. The number of carboxylic acid groups (broad SMARTS) is 1. The summed E-state index contributed by atoms with van der Waals surface area (Å²) >= 11 is 3.27. The van der Waals surface area contributed by atoms with E-state index >= 15 is 0 Å². The van der Waals surface area contributed by atoms with Crippen LogP contribution in [0.25, 0.3) is 5.82 Å². The van der Waals surface area contributed by atoms with Crippen LogP contribution in [0.2, 0.25) is 0 Å². The summed E-state index contributed by atoms with van der Waals surface area (Å²) in [6.45, 7) is -0.406. The Kier molecular flexibility index (Phi) is 5.04. The Morgan fingerprint density at radius 2 is 2.32 bits per heavy atom. The number of rotatable bonds is 5. The van der Waals surface area contributed by atoms with Crippen molar-refractivity contribution in [2.24, 2.45) is 0 Å². The SMILES string of the molecule is O=C(O)NCC(=CF)Cn1ncn(-c2cc(Br)ccn2)c1=O. The molecule has 2 heterocycles. The molecule has 0 spiro atoms. The minimum Gasteiger partial charge on any atom is -0.465 e. The van der Waals surface area contributed by atoms with Crippen LogP contribution >= 0.6 is 15.9 Å². The summed E-state index contributed by atoms with van der Waals surface area (Å²) in [5, 5.41) is 14.4. The summed E-state index contributed by atoms with van der Waals surface area (Å²) < 4.78 is 15.7. The molecule has 116 valence electrons. The lowest BCUT2D eigenvalue weighted by Gasteiger charge is -2.05. The first kappa shape index (κ1) is 15.9. The summed E-state index contributed by atoms with van der Waals surface area (Å²) in [7, 11) is 0. The Hall–Kier alpha value is -2.49. The second-order valence-electron chi connectivity index (χ2n) is 4.20. The topological polar surface area (TPSA) is 102 Å².